The maximum atomic E-state index is 12.6. The van der Waals surface area contributed by atoms with Crippen molar-refractivity contribution < 1.29 is 23.9 Å². The molecule has 0 spiro atoms. The zero-order chi connectivity index (χ0) is 18.8. The number of ketones is 2. The molecule has 0 unspecified atom stereocenters. The van der Waals surface area contributed by atoms with Gasteiger partial charge in [0, 0.05) is 23.2 Å². The van der Waals surface area contributed by atoms with Crippen LogP contribution in [0.2, 0.25) is 0 Å². The molecule has 0 fully saturated rings. The van der Waals surface area contributed by atoms with Crippen LogP contribution in [0.4, 0.5) is 0 Å². The second-order valence-electron chi connectivity index (χ2n) is 6.26. The number of aromatic nitrogens is 1. The second-order valence-corrected chi connectivity index (χ2v) is 6.26. The maximum Gasteiger partial charge on any atom is 0.340 e. The molecule has 1 aromatic carbocycles. The molecular formula is C20H21NO5. The molecule has 1 aromatic heterocycles. The number of aryl methyl sites for hydroxylation is 1. The average Bonchev–Trinajstić information content (AvgIpc) is 3.13. The van der Waals surface area contributed by atoms with Gasteiger partial charge in [-0.2, -0.15) is 0 Å². The lowest BCUT2D eigenvalue weighted by atomic mass is 10.1. The van der Waals surface area contributed by atoms with Crippen molar-refractivity contribution in [1.29, 1.82) is 0 Å². The normalized spacial score (nSPS) is 12.8. The van der Waals surface area contributed by atoms with Crippen LogP contribution < -0.4 is 4.74 Å². The number of esters is 1. The summed E-state index contributed by atoms with van der Waals surface area (Å²) in [6.07, 6.45) is 1.10. The van der Waals surface area contributed by atoms with Crippen LogP contribution in [-0.4, -0.2) is 35.7 Å². The van der Waals surface area contributed by atoms with Gasteiger partial charge in [-0.15, -0.1) is 0 Å². The molecule has 6 heteroatoms. The lowest BCUT2D eigenvalue weighted by Crippen LogP contribution is -2.14. The van der Waals surface area contributed by atoms with Crippen LogP contribution in [0.3, 0.4) is 0 Å². The fraction of sp³-hybridized carbons (Fsp3) is 0.350. The molecule has 0 radical (unpaired) electrons. The molecule has 1 heterocycles. The summed E-state index contributed by atoms with van der Waals surface area (Å²) >= 11 is 0. The topological polar surface area (TPSA) is 85.5 Å². The standard InChI is InChI=1S/C20H21NO5/c1-4-25-20(24)18-11(2)19(21-12(18)3)16(23)10-26-17-7-5-6-13-14(17)8-9-15(13)22/h5-7,21H,4,8-10H2,1-3H3. The van der Waals surface area contributed by atoms with E-state index in [0.717, 1.165) is 5.56 Å². The van der Waals surface area contributed by atoms with E-state index in [0.29, 0.717) is 46.7 Å². The predicted molar refractivity (Wildman–Crippen MR) is 95.1 cm³/mol. The highest BCUT2D eigenvalue weighted by atomic mass is 16.5. The highest BCUT2D eigenvalue weighted by molar-refractivity contribution is 6.03. The van der Waals surface area contributed by atoms with Crippen molar-refractivity contribution in [1.82, 2.24) is 4.98 Å². The number of hydrogen-bond donors (Lipinski definition) is 1. The van der Waals surface area contributed by atoms with E-state index in [-0.39, 0.29) is 24.8 Å². The molecule has 2 aromatic rings. The molecule has 0 amide bonds. The summed E-state index contributed by atoms with van der Waals surface area (Å²) in [7, 11) is 0. The second kappa shape index (κ2) is 7.15. The Labute approximate surface area is 151 Å². The van der Waals surface area contributed by atoms with Gasteiger partial charge >= 0.3 is 5.97 Å². The average molecular weight is 355 g/mol. The first-order valence-corrected chi connectivity index (χ1v) is 8.61. The molecule has 1 N–H and O–H groups in total. The van der Waals surface area contributed by atoms with Crippen molar-refractivity contribution in [3.8, 4) is 5.75 Å². The molecule has 1 aliphatic rings. The van der Waals surface area contributed by atoms with Crippen LogP contribution in [0, 0.1) is 13.8 Å². The Kier molecular flexibility index (Phi) is 4.93. The maximum absolute atomic E-state index is 12.6. The van der Waals surface area contributed by atoms with Gasteiger partial charge in [0.25, 0.3) is 0 Å². The molecule has 136 valence electrons. The van der Waals surface area contributed by atoms with Gasteiger partial charge in [0.1, 0.15) is 5.75 Å². The van der Waals surface area contributed by atoms with E-state index in [1.165, 1.54) is 0 Å². The number of H-pyrrole nitrogens is 1. The molecule has 0 aliphatic heterocycles. The molecule has 0 saturated carbocycles. The number of fused-ring (bicyclic) bond motifs is 1. The summed E-state index contributed by atoms with van der Waals surface area (Å²) < 4.78 is 10.7. The minimum absolute atomic E-state index is 0.103. The van der Waals surface area contributed by atoms with Crippen molar-refractivity contribution >= 4 is 17.5 Å². The molecule has 0 atom stereocenters. The van der Waals surface area contributed by atoms with Gasteiger partial charge in [-0.05, 0) is 38.8 Å². The van der Waals surface area contributed by atoms with E-state index >= 15 is 0 Å². The minimum atomic E-state index is -0.446. The van der Waals surface area contributed by atoms with Gasteiger partial charge < -0.3 is 14.5 Å². The number of ether oxygens (including phenoxy) is 2. The van der Waals surface area contributed by atoms with E-state index in [9.17, 15) is 14.4 Å². The number of benzene rings is 1. The first kappa shape index (κ1) is 17.9. The Morgan fingerprint density at radius 2 is 1.96 bits per heavy atom. The smallest absolute Gasteiger partial charge is 0.340 e. The van der Waals surface area contributed by atoms with E-state index in [1.54, 1.807) is 39.0 Å². The summed E-state index contributed by atoms with van der Waals surface area (Å²) in [5, 5.41) is 0. The van der Waals surface area contributed by atoms with E-state index in [1.807, 2.05) is 0 Å². The summed E-state index contributed by atoms with van der Waals surface area (Å²) in [5.41, 5.74) is 3.41. The highest BCUT2D eigenvalue weighted by Gasteiger charge is 2.25. The van der Waals surface area contributed by atoms with Crippen LogP contribution in [0.5, 0.6) is 5.75 Å². The summed E-state index contributed by atoms with van der Waals surface area (Å²) in [6.45, 7) is 5.27. The van der Waals surface area contributed by atoms with Crippen molar-refractivity contribution in [3.63, 3.8) is 0 Å². The molecular weight excluding hydrogens is 334 g/mol. The van der Waals surface area contributed by atoms with Crippen molar-refractivity contribution in [2.24, 2.45) is 0 Å². The number of carbonyl (C=O) groups excluding carboxylic acids is 3. The lowest BCUT2D eigenvalue weighted by Gasteiger charge is -2.09. The van der Waals surface area contributed by atoms with Gasteiger partial charge in [-0.25, -0.2) is 4.79 Å². The Bertz CT molecular complexity index is 894. The number of rotatable bonds is 6. The Hall–Kier alpha value is -2.89. The highest BCUT2D eigenvalue weighted by Crippen LogP contribution is 2.30. The van der Waals surface area contributed by atoms with Gasteiger partial charge in [0.05, 0.1) is 17.9 Å². The lowest BCUT2D eigenvalue weighted by molar-refractivity contribution is 0.0525. The van der Waals surface area contributed by atoms with Crippen LogP contribution in [-0.2, 0) is 11.2 Å². The molecule has 3 rings (SSSR count). The first-order chi connectivity index (χ1) is 12.4. The predicted octanol–water partition coefficient (Wildman–Crippen LogP) is 3.20. The van der Waals surface area contributed by atoms with Crippen molar-refractivity contribution in [2.45, 2.75) is 33.6 Å². The van der Waals surface area contributed by atoms with Gasteiger partial charge in [-0.3, -0.25) is 9.59 Å². The van der Waals surface area contributed by atoms with Gasteiger partial charge in [-0.1, -0.05) is 12.1 Å². The van der Waals surface area contributed by atoms with E-state index < -0.39 is 5.97 Å². The van der Waals surface area contributed by atoms with Gasteiger partial charge in [0.2, 0.25) is 5.78 Å². The number of nitrogens with one attached hydrogen (secondary N) is 1. The third-order valence-corrected chi connectivity index (χ3v) is 4.59. The Balaban J connectivity index is 1.77. The monoisotopic (exact) mass is 355 g/mol. The first-order valence-electron chi connectivity index (χ1n) is 8.61. The van der Waals surface area contributed by atoms with Gasteiger partial charge in [0.15, 0.2) is 12.4 Å². The summed E-state index contributed by atoms with van der Waals surface area (Å²) in [6, 6.07) is 5.30. The fourth-order valence-corrected chi connectivity index (χ4v) is 3.35. The fourth-order valence-electron chi connectivity index (χ4n) is 3.35. The third-order valence-electron chi connectivity index (χ3n) is 4.59. The van der Waals surface area contributed by atoms with E-state index in [2.05, 4.69) is 4.98 Å². The number of aromatic amines is 1. The molecule has 26 heavy (non-hydrogen) atoms. The molecule has 0 saturated heterocycles. The SMILES string of the molecule is CCOC(=O)c1c(C)[nH]c(C(=O)COc2cccc3c2CCC3=O)c1C. The van der Waals surface area contributed by atoms with E-state index in [4.69, 9.17) is 9.47 Å². The molecule has 1 aliphatic carbocycles. The Morgan fingerprint density at radius 3 is 2.69 bits per heavy atom. The third kappa shape index (κ3) is 3.14. The van der Waals surface area contributed by atoms with Crippen LogP contribution >= 0.6 is 0 Å². The quantitative estimate of drug-likeness (QED) is 0.635. The Morgan fingerprint density at radius 1 is 1.19 bits per heavy atom. The largest absolute Gasteiger partial charge is 0.485 e. The van der Waals surface area contributed by atoms with Crippen LogP contribution in [0.15, 0.2) is 18.2 Å². The van der Waals surface area contributed by atoms with Crippen LogP contribution in [0.1, 0.15) is 61.4 Å². The van der Waals surface area contributed by atoms with Crippen molar-refractivity contribution in [2.75, 3.05) is 13.2 Å². The van der Waals surface area contributed by atoms with Crippen molar-refractivity contribution in [3.05, 3.63) is 51.8 Å². The summed E-state index contributed by atoms with van der Waals surface area (Å²) in [4.78, 5) is 39.4. The number of carbonyl (C=O) groups is 3. The zero-order valence-electron chi connectivity index (χ0n) is 15.1. The minimum Gasteiger partial charge on any atom is -0.485 e. The number of hydrogen-bond acceptors (Lipinski definition) is 5. The summed E-state index contributed by atoms with van der Waals surface area (Å²) in [5.74, 6) is -0.0406. The zero-order valence-corrected chi connectivity index (χ0v) is 15.1. The number of Topliss-reactive ketones (excluding diaryl/α,β-unsaturated/α-hetero) is 2. The molecule has 0 bridgehead atoms. The molecule has 6 nitrogen and oxygen atoms in total. The van der Waals surface area contributed by atoms with Crippen LogP contribution in [0.25, 0.3) is 0 Å².